The van der Waals surface area contributed by atoms with Gasteiger partial charge in [0.1, 0.15) is 17.1 Å². The number of fused-ring (bicyclic) bond motifs is 1. The van der Waals surface area contributed by atoms with Crippen LogP contribution in [0.15, 0.2) is 63.3 Å². The lowest BCUT2D eigenvalue weighted by atomic mass is 10.0. The first-order valence-corrected chi connectivity index (χ1v) is 8.39. The number of aryl methyl sites for hydroxylation is 1. The molecule has 1 aromatic heterocycles. The van der Waals surface area contributed by atoms with Crippen molar-refractivity contribution in [2.24, 2.45) is 0 Å². The molecule has 5 heteroatoms. The Kier molecular flexibility index (Phi) is 5.31. The maximum Gasteiger partial charge on any atom is 0.192 e. The first-order valence-electron chi connectivity index (χ1n) is 8.39. The van der Waals surface area contributed by atoms with Crippen molar-refractivity contribution >= 4 is 29.1 Å². The lowest BCUT2D eigenvalue weighted by molar-refractivity contribution is -0.117. The monoisotopic (exact) mass is 362 g/mol. The van der Waals surface area contributed by atoms with Crippen molar-refractivity contribution in [3.05, 3.63) is 81.2 Å². The van der Waals surface area contributed by atoms with Gasteiger partial charge in [-0.05, 0) is 25.1 Å². The molecule has 0 saturated heterocycles. The number of methoxy groups -OCH3 is 1. The number of ether oxygens (including phenoxy) is 1. The van der Waals surface area contributed by atoms with Crippen molar-refractivity contribution in [2.75, 3.05) is 7.11 Å². The molecule has 0 aliphatic heterocycles. The molecule has 5 nitrogen and oxygen atoms in total. The molecule has 0 unspecified atom stereocenters. The van der Waals surface area contributed by atoms with E-state index in [0.717, 1.165) is 0 Å². The Bertz CT molecular complexity index is 1110. The fourth-order valence-corrected chi connectivity index (χ4v) is 2.90. The van der Waals surface area contributed by atoms with E-state index in [1.54, 1.807) is 43.3 Å². The minimum atomic E-state index is -0.346. The van der Waals surface area contributed by atoms with E-state index in [4.69, 9.17) is 9.15 Å². The summed E-state index contributed by atoms with van der Waals surface area (Å²) in [5.41, 5.74) is 1.38. The number of para-hydroxylation sites is 2. The molecule has 0 aliphatic carbocycles. The van der Waals surface area contributed by atoms with Crippen molar-refractivity contribution < 1.29 is 18.7 Å². The number of benzene rings is 2. The topological polar surface area (TPSA) is 73.6 Å². The number of carbonyl (C=O) groups is 2. The minimum Gasteiger partial charge on any atom is -0.496 e. The van der Waals surface area contributed by atoms with Crippen LogP contribution in [0, 0.1) is 6.92 Å². The van der Waals surface area contributed by atoms with Gasteiger partial charge in [-0.3, -0.25) is 14.4 Å². The van der Waals surface area contributed by atoms with E-state index in [0.29, 0.717) is 39.9 Å². The number of ketones is 1. The van der Waals surface area contributed by atoms with Crippen LogP contribution in [-0.4, -0.2) is 19.2 Å². The van der Waals surface area contributed by atoms with Gasteiger partial charge in [0.15, 0.2) is 17.5 Å². The summed E-state index contributed by atoms with van der Waals surface area (Å²) in [4.78, 5) is 36.3. The largest absolute Gasteiger partial charge is 0.496 e. The van der Waals surface area contributed by atoms with E-state index in [1.165, 1.54) is 19.3 Å². The Hall–Kier alpha value is -3.47. The number of carbonyl (C=O) groups excluding carboxylic acids is 2. The van der Waals surface area contributed by atoms with Crippen molar-refractivity contribution in [1.82, 2.24) is 0 Å². The van der Waals surface area contributed by atoms with Crippen LogP contribution in [0.2, 0.25) is 0 Å². The second-order valence-electron chi connectivity index (χ2n) is 6.07. The zero-order chi connectivity index (χ0) is 19.4. The molecule has 3 rings (SSSR count). The highest BCUT2D eigenvalue weighted by molar-refractivity contribution is 6.16. The standard InChI is InChI=1S/C22H18O5/c1-14-10-20(25)18-8-5-7-16(22(18)27-14)11-17(13-23)19(24)12-15-6-3-4-9-21(15)26-2/h3-11,13H,12H2,1-2H3. The van der Waals surface area contributed by atoms with E-state index >= 15 is 0 Å². The van der Waals surface area contributed by atoms with Gasteiger partial charge in [0, 0.05) is 23.6 Å². The molecule has 27 heavy (non-hydrogen) atoms. The third kappa shape index (κ3) is 3.87. The van der Waals surface area contributed by atoms with Gasteiger partial charge in [-0.25, -0.2) is 0 Å². The minimum absolute atomic E-state index is 0.00226. The number of Topliss-reactive ketones (excluding diaryl/α,β-unsaturated/α-hetero) is 1. The second kappa shape index (κ2) is 7.83. The molecule has 3 aromatic rings. The normalized spacial score (nSPS) is 11.4. The smallest absolute Gasteiger partial charge is 0.192 e. The third-order valence-corrected chi connectivity index (χ3v) is 4.21. The molecular weight excluding hydrogens is 344 g/mol. The maximum atomic E-state index is 12.6. The van der Waals surface area contributed by atoms with Gasteiger partial charge in [0.2, 0.25) is 0 Å². The fourth-order valence-electron chi connectivity index (χ4n) is 2.90. The molecule has 136 valence electrons. The lowest BCUT2D eigenvalue weighted by Crippen LogP contribution is -2.09. The predicted octanol–water partition coefficient (Wildman–Crippen LogP) is 3.50. The second-order valence-corrected chi connectivity index (χ2v) is 6.07. The first-order chi connectivity index (χ1) is 13.0. The summed E-state index contributed by atoms with van der Waals surface area (Å²) in [6.07, 6.45) is 2.00. The summed E-state index contributed by atoms with van der Waals surface area (Å²) < 4.78 is 10.9. The number of hydrogen-bond acceptors (Lipinski definition) is 5. The number of allylic oxidation sites excluding steroid dienone is 1. The highest BCUT2D eigenvalue weighted by Crippen LogP contribution is 2.22. The Labute approximate surface area is 155 Å². The van der Waals surface area contributed by atoms with Crippen LogP contribution < -0.4 is 10.2 Å². The van der Waals surface area contributed by atoms with Crippen LogP contribution >= 0.6 is 0 Å². The number of aldehydes is 1. The quantitative estimate of drug-likeness (QED) is 0.290. The van der Waals surface area contributed by atoms with Crippen LogP contribution in [0.3, 0.4) is 0 Å². The molecule has 0 amide bonds. The average Bonchev–Trinajstić information content (AvgIpc) is 2.66. The zero-order valence-corrected chi connectivity index (χ0v) is 15.0. The number of hydrogen-bond donors (Lipinski definition) is 0. The van der Waals surface area contributed by atoms with Gasteiger partial charge in [0.25, 0.3) is 0 Å². The summed E-state index contributed by atoms with van der Waals surface area (Å²) in [5.74, 6) is 0.700. The SMILES string of the molecule is COc1ccccc1CC(=O)C(C=O)=Cc1cccc2c(=O)cc(C)oc12. The highest BCUT2D eigenvalue weighted by atomic mass is 16.5. The Morgan fingerprint density at radius 1 is 1.15 bits per heavy atom. The Morgan fingerprint density at radius 3 is 2.67 bits per heavy atom. The predicted molar refractivity (Wildman–Crippen MR) is 103 cm³/mol. The summed E-state index contributed by atoms with van der Waals surface area (Å²) in [5, 5.41) is 0.400. The molecule has 0 atom stereocenters. The Balaban J connectivity index is 2.02. The maximum absolute atomic E-state index is 12.6. The van der Waals surface area contributed by atoms with Gasteiger partial charge in [-0.1, -0.05) is 30.3 Å². The van der Waals surface area contributed by atoms with Crippen LogP contribution in [0.4, 0.5) is 0 Å². The highest BCUT2D eigenvalue weighted by Gasteiger charge is 2.14. The van der Waals surface area contributed by atoms with Crippen LogP contribution in [0.25, 0.3) is 17.0 Å². The van der Waals surface area contributed by atoms with Crippen LogP contribution in [-0.2, 0) is 16.0 Å². The molecule has 2 aromatic carbocycles. The molecule has 0 radical (unpaired) electrons. The van der Waals surface area contributed by atoms with Gasteiger partial charge in [-0.2, -0.15) is 0 Å². The van der Waals surface area contributed by atoms with Crippen molar-refractivity contribution in [3.63, 3.8) is 0 Å². The van der Waals surface area contributed by atoms with E-state index < -0.39 is 0 Å². The summed E-state index contributed by atoms with van der Waals surface area (Å²) in [6, 6.07) is 13.6. The first kappa shape index (κ1) is 18.3. The molecular formula is C22H18O5. The van der Waals surface area contributed by atoms with Gasteiger partial charge >= 0.3 is 0 Å². The molecule has 0 saturated carbocycles. The fraction of sp³-hybridized carbons (Fsp3) is 0.136. The van der Waals surface area contributed by atoms with E-state index in [-0.39, 0.29) is 23.2 Å². The van der Waals surface area contributed by atoms with Crippen LogP contribution in [0.1, 0.15) is 16.9 Å². The zero-order valence-electron chi connectivity index (χ0n) is 15.0. The third-order valence-electron chi connectivity index (χ3n) is 4.21. The summed E-state index contributed by atoms with van der Waals surface area (Å²) in [7, 11) is 1.53. The van der Waals surface area contributed by atoms with Gasteiger partial charge in [0.05, 0.1) is 18.1 Å². The average molecular weight is 362 g/mol. The van der Waals surface area contributed by atoms with Crippen molar-refractivity contribution in [2.45, 2.75) is 13.3 Å². The molecule has 0 N–H and O–H groups in total. The van der Waals surface area contributed by atoms with Crippen molar-refractivity contribution in [1.29, 1.82) is 0 Å². The van der Waals surface area contributed by atoms with E-state index in [9.17, 15) is 14.4 Å². The lowest BCUT2D eigenvalue weighted by Gasteiger charge is -2.08. The summed E-state index contributed by atoms with van der Waals surface area (Å²) >= 11 is 0. The van der Waals surface area contributed by atoms with Crippen LogP contribution in [0.5, 0.6) is 5.75 Å². The summed E-state index contributed by atoms with van der Waals surface area (Å²) in [6.45, 7) is 1.68. The van der Waals surface area contributed by atoms with E-state index in [2.05, 4.69) is 0 Å². The molecule has 0 fully saturated rings. The molecule has 0 spiro atoms. The molecule has 0 aliphatic rings. The van der Waals surface area contributed by atoms with E-state index in [1.807, 2.05) is 6.07 Å². The molecule has 0 bridgehead atoms. The van der Waals surface area contributed by atoms with Gasteiger partial charge in [-0.15, -0.1) is 0 Å². The molecule has 1 heterocycles. The van der Waals surface area contributed by atoms with Crippen molar-refractivity contribution in [3.8, 4) is 5.75 Å². The number of rotatable bonds is 6. The Morgan fingerprint density at radius 2 is 1.93 bits per heavy atom. The van der Waals surface area contributed by atoms with Gasteiger partial charge < -0.3 is 9.15 Å².